The van der Waals surface area contributed by atoms with Gasteiger partial charge in [0.15, 0.2) is 16.6 Å². The highest BCUT2D eigenvalue weighted by molar-refractivity contribution is 7.80. The third kappa shape index (κ3) is 2.73. The smallest absolute Gasteiger partial charge is 0.395 e. The molecule has 92 valence electrons. The van der Waals surface area contributed by atoms with Crippen LogP contribution in [-0.4, -0.2) is 18.0 Å². The van der Waals surface area contributed by atoms with Crippen molar-refractivity contribution in [1.82, 2.24) is 5.32 Å². The molecule has 0 spiro atoms. The summed E-state index contributed by atoms with van der Waals surface area (Å²) in [4.78, 5) is 0. The molecule has 0 radical (unpaired) electrons. The Morgan fingerprint density at radius 3 is 2.76 bits per heavy atom. The normalized spacial score (nSPS) is 15.5. The summed E-state index contributed by atoms with van der Waals surface area (Å²) in [6.07, 6.45) is -3.59. The first-order chi connectivity index (χ1) is 8.00. The van der Waals surface area contributed by atoms with Crippen molar-refractivity contribution in [3.05, 3.63) is 18.2 Å². The number of halogens is 2. The van der Waals surface area contributed by atoms with Crippen molar-refractivity contribution < 1.29 is 18.3 Å². The summed E-state index contributed by atoms with van der Waals surface area (Å²) < 4.78 is 34.1. The molecule has 2 N–H and O–H groups in total. The predicted octanol–water partition coefficient (Wildman–Crippen LogP) is 2.31. The minimum absolute atomic E-state index is 0.00918. The van der Waals surface area contributed by atoms with Crippen LogP contribution < -0.4 is 20.1 Å². The van der Waals surface area contributed by atoms with Crippen molar-refractivity contribution in [2.24, 2.45) is 0 Å². The Morgan fingerprint density at radius 2 is 2.06 bits per heavy atom. The van der Waals surface area contributed by atoms with E-state index in [1.165, 1.54) is 12.1 Å². The number of hydrogen-bond acceptors (Lipinski definition) is 3. The third-order valence-corrected chi connectivity index (χ3v) is 2.24. The van der Waals surface area contributed by atoms with Gasteiger partial charge < -0.3 is 20.1 Å². The minimum Gasteiger partial charge on any atom is -0.395 e. The number of ether oxygens (including phenoxy) is 2. The lowest BCUT2D eigenvalue weighted by molar-refractivity contribution is -0.286. The molecule has 1 aromatic carbocycles. The molecular weight excluding hydrogens is 250 g/mol. The maximum atomic E-state index is 12.7. The summed E-state index contributed by atoms with van der Waals surface area (Å²) >= 11 is 4.97. The van der Waals surface area contributed by atoms with E-state index in [2.05, 4.69) is 20.1 Å². The summed E-state index contributed by atoms with van der Waals surface area (Å²) in [5, 5.41) is 6.13. The molecule has 0 unspecified atom stereocenters. The van der Waals surface area contributed by atoms with Gasteiger partial charge in [0.05, 0.1) is 0 Å². The summed E-state index contributed by atoms with van der Waals surface area (Å²) in [6.45, 7) is 2.57. The second-order valence-electron chi connectivity index (χ2n) is 3.31. The van der Waals surface area contributed by atoms with E-state index < -0.39 is 6.29 Å². The number of rotatable bonds is 2. The Bertz CT molecular complexity index is 454. The van der Waals surface area contributed by atoms with Gasteiger partial charge in [-0.25, -0.2) is 0 Å². The first-order valence-corrected chi connectivity index (χ1v) is 5.36. The summed E-state index contributed by atoms with van der Waals surface area (Å²) in [6, 6.07) is 4.38. The van der Waals surface area contributed by atoms with Crippen molar-refractivity contribution in [2.75, 3.05) is 11.9 Å². The lowest BCUT2D eigenvalue weighted by atomic mass is 10.3. The summed E-state index contributed by atoms with van der Waals surface area (Å²) in [5.74, 6) is -0.00535. The fraction of sp³-hybridized carbons (Fsp3) is 0.300. The van der Waals surface area contributed by atoms with E-state index in [0.29, 0.717) is 17.3 Å². The van der Waals surface area contributed by atoms with Gasteiger partial charge in [-0.3, -0.25) is 0 Å². The van der Waals surface area contributed by atoms with Gasteiger partial charge >= 0.3 is 6.29 Å². The van der Waals surface area contributed by atoms with E-state index in [0.717, 1.165) is 0 Å². The van der Waals surface area contributed by atoms with Gasteiger partial charge in [-0.15, -0.1) is 8.78 Å². The van der Waals surface area contributed by atoms with Crippen LogP contribution in [0.4, 0.5) is 14.5 Å². The maximum Gasteiger partial charge on any atom is 0.586 e. The van der Waals surface area contributed by atoms with Crippen LogP contribution in [0.3, 0.4) is 0 Å². The lowest BCUT2D eigenvalue weighted by Crippen LogP contribution is -2.27. The zero-order valence-electron chi connectivity index (χ0n) is 8.92. The Hall–Kier alpha value is -1.63. The molecule has 0 fully saturated rings. The van der Waals surface area contributed by atoms with Crippen LogP contribution in [0.5, 0.6) is 11.5 Å². The SMILES string of the molecule is CCNC(=S)Nc1ccc2c(c1)OC(F)(F)O2. The van der Waals surface area contributed by atoms with Gasteiger partial charge in [0, 0.05) is 18.3 Å². The Balaban J connectivity index is 2.11. The topological polar surface area (TPSA) is 42.5 Å². The molecular formula is C10H10F2N2O2S. The molecule has 17 heavy (non-hydrogen) atoms. The van der Waals surface area contributed by atoms with Crippen LogP contribution in [0.2, 0.25) is 0 Å². The number of nitrogens with one attached hydrogen (secondary N) is 2. The molecule has 0 aliphatic carbocycles. The van der Waals surface area contributed by atoms with Crippen LogP contribution >= 0.6 is 12.2 Å². The van der Waals surface area contributed by atoms with Crippen molar-refractivity contribution >= 4 is 23.0 Å². The molecule has 1 aromatic rings. The van der Waals surface area contributed by atoms with E-state index in [9.17, 15) is 8.78 Å². The van der Waals surface area contributed by atoms with Gasteiger partial charge in [0.2, 0.25) is 0 Å². The highest BCUT2D eigenvalue weighted by atomic mass is 32.1. The van der Waals surface area contributed by atoms with E-state index >= 15 is 0 Å². The van der Waals surface area contributed by atoms with E-state index in [4.69, 9.17) is 12.2 Å². The monoisotopic (exact) mass is 260 g/mol. The average molecular weight is 260 g/mol. The summed E-state index contributed by atoms with van der Waals surface area (Å²) in [5.41, 5.74) is 0.552. The molecule has 0 bridgehead atoms. The first-order valence-electron chi connectivity index (χ1n) is 4.95. The summed E-state index contributed by atoms with van der Waals surface area (Å²) in [7, 11) is 0. The molecule has 2 rings (SSSR count). The number of hydrogen-bond donors (Lipinski definition) is 2. The molecule has 0 saturated heterocycles. The molecule has 1 heterocycles. The Kier molecular flexibility index (Phi) is 3.01. The van der Waals surface area contributed by atoms with Gasteiger partial charge in [-0.05, 0) is 31.3 Å². The Morgan fingerprint density at radius 1 is 1.35 bits per heavy atom. The molecule has 0 aromatic heterocycles. The van der Waals surface area contributed by atoms with Crippen molar-refractivity contribution in [1.29, 1.82) is 0 Å². The first kappa shape index (κ1) is 11.8. The average Bonchev–Trinajstić information content (AvgIpc) is 2.51. The van der Waals surface area contributed by atoms with Gasteiger partial charge in [0.25, 0.3) is 0 Å². The standard InChI is InChI=1S/C10H10F2N2O2S/c1-2-13-9(17)14-6-3-4-7-8(5-6)16-10(11,12)15-7/h3-5H,2H2,1H3,(H2,13,14,17). The van der Waals surface area contributed by atoms with Gasteiger partial charge in [-0.1, -0.05) is 0 Å². The molecule has 0 atom stereocenters. The van der Waals surface area contributed by atoms with E-state index in [1.54, 1.807) is 6.07 Å². The third-order valence-electron chi connectivity index (χ3n) is 2.00. The number of thiocarbonyl (C=S) groups is 1. The van der Waals surface area contributed by atoms with Crippen LogP contribution in [-0.2, 0) is 0 Å². The molecule has 0 amide bonds. The largest absolute Gasteiger partial charge is 0.586 e. The molecule has 7 heteroatoms. The van der Waals surface area contributed by atoms with Gasteiger partial charge in [0.1, 0.15) is 0 Å². The second kappa shape index (κ2) is 4.33. The number of benzene rings is 1. The zero-order valence-corrected chi connectivity index (χ0v) is 9.74. The second-order valence-corrected chi connectivity index (χ2v) is 3.72. The molecule has 1 aliphatic rings. The van der Waals surface area contributed by atoms with Crippen molar-refractivity contribution in [2.45, 2.75) is 13.2 Å². The van der Waals surface area contributed by atoms with Crippen molar-refractivity contribution in [3.8, 4) is 11.5 Å². The van der Waals surface area contributed by atoms with E-state index in [1.807, 2.05) is 6.92 Å². The molecule has 0 saturated carbocycles. The number of anilines is 1. The Labute approximate surface area is 102 Å². The zero-order chi connectivity index (χ0) is 12.5. The van der Waals surface area contributed by atoms with Crippen LogP contribution in [0.25, 0.3) is 0 Å². The number of fused-ring (bicyclic) bond motifs is 1. The maximum absolute atomic E-state index is 12.7. The van der Waals surface area contributed by atoms with Crippen LogP contribution in [0.1, 0.15) is 6.92 Å². The molecule has 1 aliphatic heterocycles. The predicted molar refractivity (Wildman–Crippen MR) is 62.5 cm³/mol. The number of alkyl halides is 2. The minimum atomic E-state index is -3.59. The molecule has 4 nitrogen and oxygen atoms in total. The lowest BCUT2D eigenvalue weighted by Gasteiger charge is -2.08. The van der Waals surface area contributed by atoms with Crippen molar-refractivity contribution in [3.63, 3.8) is 0 Å². The highest BCUT2D eigenvalue weighted by Gasteiger charge is 2.43. The van der Waals surface area contributed by atoms with E-state index in [-0.39, 0.29) is 11.5 Å². The fourth-order valence-electron chi connectivity index (χ4n) is 1.36. The fourth-order valence-corrected chi connectivity index (χ4v) is 1.62. The van der Waals surface area contributed by atoms with Crippen LogP contribution in [0.15, 0.2) is 18.2 Å². The quantitative estimate of drug-likeness (QED) is 0.799. The van der Waals surface area contributed by atoms with Gasteiger partial charge in [-0.2, -0.15) is 0 Å². The highest BCUT2D eigenvalue weighted by Crippen LogP contribution is 2.42. The van der Waals surface area contributed by atoms with Crippen LogP contribution in [0, 0.1) is 0 Å².